The van der Waals surface area contributed by atoms with E-state index in [4.69, 9.17) is 15.3 Å². The second kappa shape index (κ2) is 11.6. The van der Waals surface area contributed by atoms with Gasteiger partial charge >= 0.3 is 6.09 Å². The van der Waals surface area contributed by atoms with Crippen molar-refractivity contribution < 1.29 is 14.3 Å². The first-order valence-corrected chi connectivity index (χ1v) is 11.5. The maximum absolute atomic E-state index is 12.4. The van der Waals surface area contributed by atoms with Crippen molar-refractivity contribution >= 4 is 18.1 Å². The number of nitrogens with zero attached hydrogens (tertiary/aromatic N) is 3. The van der Waals surface area contributed by atoms with E-state index in [0.29, 0.717) is 36.6 Å². The highest BCUT2D eigenvalue weighted by Crippen LogP contribution is 2.49. The Kier molecular flexibility index (Phi) is 8.10. The predicted octanol–water partition coefficient (Wildman–Crippen LogP) is 3.16. The first-order valence-electron chi connectivity index (χ1n) is 11.5. The lowest BCUT2D eigenvalue weighted by Crippen LogP contribution is -2.39. The molecule has 0 spiro atoms. The van der Waals surface area contributed by atoms with Crippen molar-refractivity contribution in [3.05, 3.63) is 54.2 Å². The van der Waals surface area contributed by atoms with Gasteiger partial charge in [0.2, 0.25) is 5.88 Å². The van der Waals surface area contributed by atoms with Crippen molar-refractivity contribution in [2.24, 2.45) is 28.6 Å². The monoisotopic (exact) mass is 452 g/mol. The summed E-state index contributed by atoms with van der Waals surface area (Å²) in [4.78, 5) is 22.6. The number of carbonyl (C=O) groups is 1. The van der Waals surface area contributed by atoms with Gasteiger partial charge in [0.15, 0.2) is 0 Å². The average Bonchev–Trinajstić information content (AvgIpc) is 3.64. The molecule has 1 aliphatic carbocycles. The lowest BCUT2D eigenvalue weighted by Gasteiger charge is -2.31. The van der Waals surface area contributed by atoms with Gasteiger partial charge in [0.05, 0.1) is 18.5 Å². The van der Waals surface area contributed by atoms with E-state index in [2.05, 4.69) is 20.9 Å². The molecule has 0 radical (unpaired) electrons. The van der Waals surface area contributed by atoms with Crippen LogP contribution < -0.4 is 21.5 Å². The second-order valence-corrected chi connectivity index (χ2v) is 8.56. The van der Waals surface area contributed by atoms with E-state index in [1.807, 2.05) is 47.4 Å². The number of hydrazine groups is 2. The van der Waals surface area contributed by atoms with Crippen molar-refractivity contribution in [1.82, 2.24) is 20.8 Å². The summed E-state index contributed by atoms with van der Waals surface area (Å²) in [6.45, 7) is 2.57. The van der Waals surface area contributed by atoms with Gasteiger partial charge in [-0.2, -0.15) is 5.53 Å². The van der Waals surface area contributed by atoms with Crippen LogP contribution in [0.15, 0.2) is 53.7 Å². The fraction of sp³-hybridized carbons (Fsp3) is 0.458. The lowest BCUT2D eigenvalue weighted by molar-refractivity contribution is 0.0796. The van der Waals surface area contributed by atoms with Gasteiger partial charge in [-0.15, -0.1) is 0 Å². The molecule has 2 atom stereocenters. The molecule has 2 aromatic rings. The number of likely N-dealkylation sites (tertiary alicyclic amines) is 1. The molecule has 9 nitrogen and oxygen atoms in total. The largest absolute Gasteiger partial charge is 0.478 e. The van der Waals surface area contributed by atoms with E-state index in [0.717, 1.165) is 43.8 Å². The molecule has 33 heavy (non-hydrogen) atoms. The molecule has 1 aliphatic heterocycles. The van der Waals surface area contributed by atoms with Crippen molar-refractivity contribution in [3.63, 3.8) is 0 Å². The molecular weight excluding hydrogens is 420 g/mol. The number of piperidine rings is 1. The van der Waals surface area contributed by atoms with Crippen LogP contribution in [0.5, 0.6) is 5.88 Å². The minimum Gasteiger partial charge on any atom is -0.478 e. The SMILES string of the molecule is NNNC=Nc1ccc(OCCC2CC2C2CCN(C(=O)OCc3ccccc3)CC2)nc1. The van der Waals surface area contributed by atoms with Crippen LogP contribution in [0.4, 0.5) is 10.5 Å². The van der Waals surface area contributed by atoms with Gasteiger partial charge in [0, 0.05) is 19.2 Å². The summed E-state index contributed by atoms with van der Waals surface area (Å²) in [7, 11) is 0. The van der Waals surface area contributed by atoms with E-state index in [-0.39, 0.29) is 6.09 Å². The number of pyridine rings is 1. The molecule has 1 saturated heterocycles. The standard InChI is InChI=1S/C24H32N6O3/c25-29-28-17-27-21-6-7-23(26-15-21)32-13-10-20-14-22(20)19-8-11-30(12-9-19)24(31)33-16-18-4-2-1-3-5-18/h1-7,15,17,19-20,22,29H,8-14,16,25H2,(H,27,28). The summed E-state index contributed by atoms with van der Waals surface area (Å²) in [6, 6.07) is 13.5. The first kappa shape index (κ1) is 23.0. The molecule has 1 saturated carbocycles. The predicted molar refractivity (Wildman–Crippen MR) is 125 cm³/mol. The van der Waals surface area contributed by atoms with Crippen LogP contribution in [-0.4, -0.2) is 42.0 Å². The summed E-state index contributed by atoms with van der Waals surface area (Å²) >= 11 is 0. The van der Waals surface area contributed by atoms with Crippen LogP contribution >= 0.6 is 0 Å². The number of aliphatic imine (C=N–C) groups is 1. The van der Waals surface area contributed by atoms with Gasteiger partial charge in [0.1, 0.15) is 12.9 Å². The van der Waals surface area contributed by atoms with E-state index >= 15 is 0 Å². The number of ether oxygens (including phenoxy) is 2. The van der Waals surface area contributed by atoms with E-state index in [1.54, 1.807) is 6.20 Å². The Hall–Kier alpha value is -3.17. The van der Waals surface area contributed by atoms with E-state index < -0.39 is 0 Å². The Labute approximate surface area is 194 Å². The van der Waals surface area contributed by atoms with Crippen LogP contribution in [0.1, 0.15) is 31.2 Å². The number of hydrogen-bond donors (Lipinski definition) is 3. The van der Waals surface area contributed by atoms with E-state index in [1.165, 1.54) is 12.8 Å². The van der Waals surface area contributed by atoms with Gasteiger partial charge in [-0.1, -0.05) is 30.3 Å². The molecule has 1 aromatic heterocycles. The third-order valence-electron chi connectivity index (χ3n) is 6.41. The van der Waals surface area contributed by atoms with Crippen LogP contribution in [0.25, 0.3) is 0 Å². The quantitative estimate of drug-likeness (QED) is 0.220. The summed E-state index contributed by atoms with van der Waals surface area (Å²) in [5.74, 6) is 7.87. The molecule has 2 heterocycles. The van der Waals surface area contributed by atoms with Gasteiger partial charge in [-0.05, 0) is 55.1 Å². The first-order chi connectivity index (χ1) is 16.2. The molecule has 1 amide bonds. The lowest BCUT2D eigenvalue weighted by atomic mass is 9.91. The van der Waals surface area contributed by atoms with Gasteiger partial charge in [-0.3, -0.25) is 11.3 Å². The Balaban J connectivity index is 1.10. The molecule has 9 heteroatoms. The number of nitrogens with two attached hydrogens (primary N) is 1. The zero-order valence-electron chi connectivity index (χ0n) is 18.7. The Morgan fingerprint density at radius 3 is 2.76 bits per heavy atom. The number of hydrogen-bond acceptors (Lipinski definition) is 7. The molecule has 4 rings (SSSR count). The van der Waals surface area contributed by atoms with Crippen molar-refractivity contribution in [2.45, 2.75) is 32.3 Å². The molecule has 2 unspecified atom stereocenters. The van der Waals surface area contributed by atoms with Crippen molar-refractivity contribution in [1.29, 1.82) is 0 Å². The van der Waals surface area contributed by atoms with Crippen LogP contribution in [-0.2, 0) is 11.3 Å². The fourth-order valence-electron chi connectivity index (χ4n) is 4.49. The highest BCUT2D eigenvalue weighted by molar-refractivity contribution is 5.67. The molecule has 1 aromatic carbocycles. The number of rotatable bonds is 10. The van der Waals surface area contributed by atoms with Gasteiger partial charge in [0.25, 0.3) is 0 Å². The maximum atomic E-state index is 12.4. The molecular formula is C24H32N6O3. The normalized spacial score (nSPS) is 20.6. The van der Waals surface area contributed by atoms with Gasteiger partial charge < -0.3 is 14.4 Å². The summed E-state index contributed by atoms with van der Waals surface area (Å²) in [5, 5.41) is 0. The topological polar surface area (TPSA) is 114 Å². The molecule has 176 valence electrons. The highest BCUT2D eigenvalue weighted by atomic mass is 16.6. The summed E-state index contributed by atoms with van der Waals surface area (Å²) in [5.41, 5.74) is 6.56. The molecule has 0 bridgehead atoms. The van der Waals surface area contributed by atoms with Gasteiger partial charge in [-0.25, -0.2) is 14.8 Å². The Morgan fingerprint density at radius 1 is 1.21 bits per heavy atom. The number of nitrogens with one attached hydrogen (secondary N) is 2. The Morgan fingerprint density at radius 2 is 2.03 bits per heavy atom. The molecule has 2 aliphatic rings. The van der Waals surface area contributed by atoms with Crippen LogP contribution in [0, 0.1) is 17.8 Å². The third-order valence-corrected chi connectivity index (χ3v) is 6.41. The second-order valence-electron chi connectivity index (χ2n) is 8.56. The minimum atomic E-state index is -0.199. The van der Waals surface area contributed by atoms with Crippen LogP contribution in [0.2, 0.25) is 0 Å². The number of carbonyl (C=O) groups excluding carboxylic acids is 1. The zero-order valence-corrected chi connectivity index (χ0v) is 18.7. The van der Waals surface area contributed by atoms with Crippen molar-refractivity contribution in [2.75, 3.05) is 19.7 Å². The maximum Gasteiger partial charge on any atom is 0.410 e. The molecule has 2 fully saturated rings. The third kappa shape index (κ3) is 6.90. The minimum absolute atomic E-state index is 0.199. The number of aromatic nitrogens is 1. The zero-order chi connectivity index (χ0) is 22.9. The Bertz CT molecular complexity index is 900. The van der Waals surface area contributed by atoms with E-state index in [9.17, 15) is 4.79 Å². The summed E-state index contributed by atoms with van der Waals surface area (Å²) < 4.78 is 11.3. The number of benzene rings is 1. The molecule has 4 N–H and O–H groups in total. The highest BCUT2D eigenvalue weighted by Gasteiger charge is 2.43. The van der Waals surface area contributed by atoms with Crippen molar-refractivity contribution in [3.8, 4) is 5.88 Å². The fourth-order valence-corrected chi connectivity index (χ4v) is 4.49. The number of amides is 1. The van der Waals surface area contributed by atoms with Crippen LogP contribution in [0.3, 0.4) is 0 Å². The smallest absolute Gasteiger partial charge is 0.410 e. The average molecular weight is 453 g/mol. The summed E-state index contributed by atoms with van der Waals surface area (Å²) in [6.07, 6.45) is 7.31.